The van der Waals surface area contributed by atoms with Crippen LogP contribution < -0.4 is 15.5 Å². The first kappa shape index (κ1) is 22.8. The summed E-state index contributed by atoms with van der Waals surface area (Å²) in [5.74, 6) is -1.30. The number of aryl methyl sites for hydroxylation is 2. The minimum Gasteiger partial charge on any atom is -0.379 e. The summed E-state index contributed by atoms with van der Waals surface area (Å²) in [5.41, 5.74) is 4.90. The largest absolute Gasteiger partial charge is 0.379 e. The average Bonchev–Trinajstić information content (AvgIpc) is 2.74. The summed E-state index contributed by atoms with van der Waals surface area (Å²) >= 11 is 0. The van der Waals surface area contributed by atoms with Crippen LogP contribution in [0.3, 0.4) is 0 Å². The standard InChI is InChI=1S/C24H32N4O3/c1-17-13-18(2)15-20(14-17)26-24(30)23(29)25-16-22(28-9-11-31-12-10-28)19-5-7-21(8-6-19)27(3)4/h5-8,13-15,22H,9-12,16H2,1-4H3,(H,25,29)(H,26,30)/t22-/m1/s1. The van der Waals surface area contributed by atoms with Crippen molar-refractivity contribution in [1.82, 2.24) is 10.2 Å². The van der Waals surface area contributed by atoms with Crippen molar-refractivity contribution in [2.24, 2.45) is 0 Å². The van der Waals surface area contributed by atoms with Crippen LogP contribution in [0, 0.1) is 13.8 Å². The number of hydrogen-bond donors (Lipinski definition) is 2. The van der Waals surface area contributed by atoms with Gasteiger partial charge in [0, 0.05) is 45.1 Å². The predicted molar refractivity (Wildman–Crippen MR) is 123 cm³/mol. The van der Waals surface area contributed by atoms with Gasteiger partial charge in [-0.05, 0) is 54.8 Å². The van der Waals surface area contributed by atoms with Crippen LogP contribution in [0.5, 0.6) is 0 Å². The van der Waals surface area contributed by atoms with Gasteiger partial charge in [-0.2, -0.15) is 0 Å². The van der Waals surface area contributed by atoms with Crippen LogP contribution >= 0.6 is 0 Å². The van der Waals surface area contributed by atoms with Crippen LogP contribution in [-0.2, 0) is 14.3 Å². The fourth-order valence-corrected chi connectivity index (χ4v) is 3.85. The maximum atomic E-state index is 12.5. The Morgan fingerprint density at radius 1 is 1.00 bits per heavy atom. The van der Waals surface area contributed by atoms with Gasteiger partial charge in [-0.25, -0.2) is 0 Å². The van der Waals surface area contributed by atoms with Crippen molar-refractivity contribution in [1.29, 1.82) is 0 Å². The lowest BCUT2D eigenvalue weighted by atomic mass is 10.0. The highest BCUT2D eigenvalue weighted by molar-refractivity contribution is 6.39. The number of carbonyl (C=O) groups is 2. The molecule has 0 bridgehead atoms. The van der Waals surface area contributed by atoms with Gasteiger partial charge in [0.15, 0.2) is 0 Å². The zero-order chi connectivity index (χ0) is 22.4. The zero-order valence-corrected chi connectivity index (χ0v) is 18.8. The van der Waals surface area contributed by atoms with E-state index in [9.17, 15) is 9.59 Å². The number of anilines is 2. The number of hydrogen-bond acceptors (Lipinski definition) is 5. The van der Waals surface area contributed by atoms with E-state index < -0.39 is 11.8 Å². The lowest BCUT2D eigenvalue weighted by molar-refractivity contribution is -0.136. The van der Waals surface area contributed by atoms with Gasteiger partial charge in [-0.15, -0.1) is 0 Å². The Kier molecular flexibility index (Phi) is 7.65. The number of carbonyl (C=O) groups excluding carboxylic acids is 2. The molecule has 7 nitrogen and oxygen atoms in total. The first-order chi connectivity index (χ1) is 14.8. The van der Waals surface area contributed by atoms with Crippen molar-refractivity contribution in [2.75, 3.05) is 57.2 Å². The molecule has 1 aliphatic heterocycles. The second kappa shape index (κ2) is 10.4. The summed E-state index contributed by atoms with van der Waals surface area (Å²) in [7, 11) is 4.01. The fourth-order valence-electron chi connectivity index (χ4n) is 3.85. The van der Waals surface area contributed by atoms with Gasteiger partial charge in [0.2, 0.25) is 0 Å². The second-order valence-corrected chi connectivity index (χ2v) is 8.19. The highest BCUT2D eigenvalue weighted by Crippen LogP contribution is 2.24. The van der Waals surface area contributed by atoms with Crippen molar-refractivity contribution < 1.29 is 14.3 Å². The van der Waals surface area contributed by atoms with E-state index in [4.69, 9.17) is 4.74 Å². The van der Waals surface area contributed by atoms with Crippen molar-refractivity contribution >= 4 is 23.2 Å². The second-order valence-electron chi connectivity index (χ2n) is 8.19. The summed E-state index contributed by atoms with van der Waals surface area (Å²) in [5, 5.41) is 5.52. The Hall–Kier alpha value is -2.90. The molecular formula is C24H32N4O3. The highest BCUT2D eigenvalue weighted by atomic mass is 16.5. The van der Waals surface area contributed by atoms with Gasteiger partial charge in [0.1, 0.15) is 0 Å². The van der Waals surface area contributed by atoms with Crippen LogP contribution in [0.2, 0.25) is 0 Å². The van der Waals surface area contributed by atoms with E-state index in [0.29, 0.717) is 25.4 Å². The maximum absolute atomic E-state index is 12.5. The van der Waals surface area contributed by atoms with Crippen LogP contribution in [0.15, 0.2) is 42.5 Å². The maximum Gasteiger partial charge on any atom is 0.313 e. The molecule has 7 heteroatoms. The van der Waals surface area contributed by atoms with Gasteiger partial charge >= 0.3 is 11.8 Å². The molecule has 31 heavy (non-hydrogen) atoms. The van der Waals surface area contributed by atoms with Gasteiger partial charge < -0.3 is 20.3 Å². The smallest absolute Gasteiger partial charge is 0.313 e. The molecule has 1 heterocycles. The number of nitrogens with one attached hydrogen (secondary N) is 2. The van der Waals surface area contributed by atoms with Gasteiger partial charge in [-0.3, -0.25) is 14.5 Å². The Labute approximate surface area is 184 Å². The fraction of sp³-hybridized carbons (Fsp3) is 0.417. The molecule has 1 aliphatic rings. The van der Waals surface area contributed by atoms with E-state index in [1.54, 1.807) is 0 Å². The van der Waals surface area contributed by atoms with E-state index in [1.807, 2.05) is 51.0 Å². The lowest BCUT2D eigenvalue weighted by Gasteiger charge is -2.35. The third-order valence-electron chi connectivity index (χ3n) is 5.42. The molecule has 2 aromatic carbocycles. The Morgan fingerprint density at radius 2 is 1.61 bits per heavy atom. The van der Waals surface area contributed by atoms with Gasteiger partial charge in [-0.1, -0.05) is 18.2 Å². The Balaban J connectivity index is 1.67. The SMILES string of the molecule is Cc1cc(C)cc(NC(=O)C(=O)NC[C@H](c2ccc(N(C)C)cc2)N2CCOCC2)c1. The molecule has 166 valence electrons. The van der Waals surface area contributed by atoms with Crippen molar-refractivity contribution in [3.63, 3.8) is 0 Å². The van der Waals surface area contributed by atoms with Crippen LogP contribution in [-0.4, -0.2) is 63.7 Å². The third kappa shape index (κ3) is 6.29. The summed E-state index contributed by atoms with van der Waals surface area (Å²) in [4.78, 5) is 29.3. The predicted octanol–water partition coefficient (Wildman–Crippen LogP) is 2.50. The highest BCUT2D eigenvalue weighted by Gasteiger charge is 2.24. The number of nitrogens with zero attached hydrogens (tertiary/aromatic N) is 2. The minimum absolute atomic E-state index is 0.0296. The number of benzene rings is 2. The van der Waals surface area contributed by atoms with E-state index in [0.717, 1.165) is 35.5 Å². The third-order valence-corrected chi connectivity index (χ3v) is 5.42. The van der Waals surface area contributed by atoms with E-state index in [2.05, 4.69) is 39.8 Å². The van der Waals surface area contributed by atoms with Crippen molar-refractivity contribution in [3.05, 3.63) is 59.2 Å². The first-order valence-electron chi connectivity index (χ1n) is 10.6. The average molecular weight is 425 g/mol. The van der Waals surface area contributed by atoms with Crippen LogP contribution in [0.1, 0.15) is 22.7 Å². The first-order valence-corrected chi connectivity index (χ1v) is 10.6. The van der Waals surface area contributed by atoms with Crippen molar-refractivity contribution in [2.45, 2.75) is 19.9 Å². The Bertz CT molecular complexity index is 885. The quantitative estimate of drug-likeness (QED) is 0.697. The molecule has 2 aromatic rings. The zero-order valence-electron chi connectivity index (χ0n) is 18.8. The number of rotatable bonds is 6. The van der Waals surface area contributed by atoms with Crippen LogP contribution in [0.25, 0.3) is 0 Å². The molecule has 1 atom stereocenters. The molecule has 0 unspecified atom stereocenters. The summed E-state index contributed by atoms with van der Waals surface area (Å²) in [6, 6.07) is 14.0. The van der Waals surface area contributed by atoms with Crippen LogP contribution in [0.4, 0.5) is 11.4 Å². The van der Waals surface area contributed by atoms with Gasteiger partial charge in [0.25, 0.3) is 0 Å². The molecule has 0 aliphatic carbocycles. The number of amides is 2. The molecule has 0 spiro atoms. The molecule has 1 saturated heterocycles. The number of morpholine rings is 1. The molecule has 1 fully saturated rings. The number of ether oxygens (including phenoxy) is 1. The Morgan fingerprint density at radius 3 is 2.19 bits per heavy atom. The monoisotopic (exact) mass is 424 g/mol. The molecule has 3 rings (SSSR count). The summed E-state index contributed by atoms with van der Waals surface area (Å²) in [6.07, 6.45) is 0. The molecule has 0 radical (unpaired) electrons. The normalized spacial score (nSPS) is 15.2. The topological polar surface area (TPSA) is 73.9 Å². The summed E-state index contributed by atoms with van der Waals surface area (Å²) in [6.45, 7) is 7.14. The van der Waals surface area contributed by atoms with E-state index >= 15 is 0 Å². The molecule has 2 amide bonds. The lowest BCUT2D eigenvalue weighted by Crippen LogP contribution is -2.45. The molecule has 0 aromatic heterocycles. The minimum atomic E-state index is -0.659. The van der Waals surface area contributed by atoms with E-state index in [1.165, 1.54) is 0 Å². The molecular weight excluding hydrogens is 392 g/mol. The molecule has 0 saturated carbocycles. The molecule has 2 N–H and O–H groups in total. The summed E-state index contributed by atoms with van der Waals surface area (Å²) < 4.78 is 5.49. The van der Waals surface area contributed by atoms with E-state index in [-0.39, 0.29) is 6.04 Å². The van der Waals surface area contributed by atoms with Crippen molar-refractivity contribution in [3.8, 4) is 0 Å². The van der Waals surface area contributed by atoms with Gasteiger partial charge in [0.05, 0.1) is 19.3 Å².